The number of aromatic nitrogens is 1. The van der Waals surface area contributed by atoms with Gasteiger partial charge in [-0.15, -0.1) is 0 Å². The van der Waals surface area contributed by atoms with Crippen molar-refractivity contribution >= 4 is 10.9 Å². The van der Waals surface area contributed by atoms with Gasteiger partial charge in [0, 0.05) is 24.5 Å². The highest BCUT2D eigenvalue weighted by Gasteiger charge is 2.32. The molecule has 3 aliphatic rings. The fourth-order valence-electron chi connectivity index (χ4n) is 4.92. The predicted octanol–water partition coefficient (Wildman–Crippen LogP) is 4.62. The first-order valence-electron chi connectivity index (χ1n) is 10.0. The Hall–Kier alpha value is -2.39. The summed E-state index contributed by atoms with van der Waals surface area (Å²) in [6, 6.07) is 20.1. The molecule has 0 saturated carbocycles. The maximum absolute atomic E-state index is 5.52. The molecule has 1 aromatic heterocycles. The smallest absolute Gasteiger partial charge is 0.145 e. The second kappa shape index (κ2) is 6.97. The normalized spacial score (nSPS) is 22.3. The van der Waals surface area contributed by atoms with E-state index in [9.17, 15) is 0 Å². The van der Waals surface area contributed by atoms with Crippen LogP contribution in [-0.4, -0.2) is 29.6 Å². The first-order chi connectivity index (χ1) is 13.3. The van der Waals surface area contributed by atoms with Crippen LogP contribution in [0.5, 0.6) is 5.75 Å². The Morgan fingerprint density at radius 3 is 2.67 bits per heavy atom. The Labute approximate surface area is 161 Å². The maximum atomic E-state index is 5.52. The van der Waals surface area contributed by atoms with Crippen molar-refractivity contribution < 1.29 is 4.74 Å². The highest BCUT2D eigenvalue weighted by Crippen LogP contribution is 2.33. The number of hydrogen-bond donors (Lipinski definition) is 0. The molecule has 3 heteroatoms. The van der Waals surface area contributed by atoms with Gasteiger partial charge in [-0.2, -0.15) is 0 Å². The van der Waals surface area contributed by atoms with Crippen molar-refractivity contribution in [2.75, 3.05) is 13.7 Å². The summed E-state index contributed by atoms with van der Waals surface area (Å²) >= 11 is 0. The van der Waals surface area contributed by atoms with E-state index in [1.165, 1.54) is 32.2 Å². The minimum atomic E-state index is 0.623. The first-order valence-corrected chi connectivity index (χ1v) is 10.0. The zero-order chi connectivity index (χ0) is 18.2. The topological polar surface area (TPSA) is 25.4 Å². The van der Waals surface area contributed by atoms with Gasteiger partial charge in [0.15, 0.2) is 0 Å². The number of benzene rings is 2. The summed E-state index contributed by atoms with van der Waals surface area (Å²) in [6.45, 7) is 2.11. The molecule has 3 nitrogen and oxygen atoms in total. The molecule has 2 atom stereocenters. The minimum absolute atomic E-state index is 0.623. The number of hydrogen-bond acceptors (Lipinski definition) is 3. The van der Waals surface area contributed by atoms with Crippen molar-refractivity contribution in [3.05, 3.63) is 71.4 Å². The fraction of sp³-hybridized carbons (Fsp3) is 0.375. The average molecular weight is 358 g/mol. The number of piperidine rings is 1. The number of ether oxygens (including phenoxy) is 1. The summed E-state index contributed by atoms with van der Waals surface area (Å²) in [6.07, 6.45) is 5.04. The van der Waals surface area contributed by atoms with Gasteiger partial charge in [-0.3, -0.25) is 4.90 Å². The van der Waals surface area contributed by atoms with Crippen molar-refractivity contribution in [3.8, 4) is 5.75 Å². The van der Waals surface area contributed by atoms with Gasteiger partial charge in [-0.05, 0) is 54.9 Å². The molecule has 27 heavy (non-hydrogen) atoms. The third kappa shape index (κ3) is 3.21. The van der Waals surface area contributed by atoms with Crippen LogP contribution in [0.3, 0.4) is 0 Å². The molecule has 0 amide bonds. The van der Waals surface area contributed by atoms with Crippen LogP contribution in [0.25, 0.3) is 10.9 Å². The van der Waals surface area contributed by atoms with Gasteiger partial charge < -0.3 is 4.74 Å². The molecule has 138 valence electrons. The molecule has 2 aliphatic heterocycles. The Kier molecular flexibility index (Phi) is 4.33. The van der Waals surface area contributed by atoms with E-state index < -0.39 is 0 Å². The number of para-hydroxylation sites is 1. The quantitative estimate of drug-likeness (QED) is 0.683. The van der Waals surface area contributed by atoms with Crippen LogP contribution in [0.4, 0.5) is 0 Å². The lowest BCUT2D eigenvalue weighted by molar-refractivity contribution is 0.0926. The second-order valence-electron chi connectivity index (χ2n) is 8.04. The summed E-state index contributed by atoms with van der Waals surface area (Å²) in [5.74, 6) is 1.62. The van der Waals surface area contributed by atoms with E-state index in [0.29, 0.717) is 6.04 Å². The molecule has 6 rings (SSSR count). The summed E-state index contributed by atoms with van der Waals surface area (Å²) in [7, 11) is 1.72. The molecule has 1 fully saturated rings. The molecule has 0 radical (unpaired) electrons. The van der Waals surface area contributed by atoms with Crippen LogP contribution < -0.4 is 4.74 Å². The van der Waals surface area contributed by atoms with E-state index in [1.54, 1.807) is 18.2 Å². The van der Waals surface area contributed by atoms with Crippen LogP contribution in [0.2, 0.25) is 0 Å². The SMILES string of the molecule is COc1cccc2ccc(CN3C[C@@H]4CC[C@@H]3Cc3ccccc3C4)nc12. The van der Waals surface area contributed by atoms with Gasteiger partial charge >= 0.3 is 0 Å². The molecule has 3 aromatic rings. The van der Waals surface area contributed by atoms with E-state index in [2.05, 4.69) is 47.4 Å². The molecular weight excluding hydrogens is 332 g/mol. The third-order valence-electron chi connectivity index (χ3n) is 6.33. The molecule has 0 unspecified atom stereocenters. The predicted molar refractivity (Wildman–Crippen MR) is 109 cm³/mol. The second-order valence-corrected chi connectivity index (χ2v) is 8.04. The van der Waals surface area contributed by atoms with Crippen LogP contribution in [-0.2, 0) is 19.4 Å². The number of methoxy groups -OCH3 is 1. The van der Waals surface area contributed by atoms with Crippen molar-refractivity contribution in [3.63, 3.8) is 0 Å². The zero-order valence-corrected chi connectivity index (χ0v) is 15.9. The molecule has 0 N–H and O–H groups in total. The zero-order valence-electron chi connectivity index (χ0n) is 15.9. The average Bonchev–Trinajstić information content (AvgIpc) is 2.68. The van der Waals surface area contributed by atoms with Crippen molar-refractivity contribution in [1.82, 2.24) is 9.88 Å². The molecule has 1 saturated heterocycles. The number of pyridine rings is 1. The monoisotopic (exact) mass is 358 g/mol. The summed E-state index contributed by atoms with van der Waals surface area (Å²) < 4.78 is 5.52. The van der Waals surface area contributed by atoms with Gasteiger partial charge in [0.05, 0.1) is 12.8 Å². The van der Waals surface area contributed by atoms with E-state index >= 15 is 0 Å². The van der Waals surface area contributed by atoms with Crippen molar-refractivity contribution in [1.29, 1.82) is 0 Å². The lowest BCUT2D eigenvalue weighted by Gasteiger charge is -2.42. The minimum Gasteiger partial charge on any atom is -0.494 e. The van der Waals surface area contributed by atoms with E-state index in [0.717, 1.165) is 34.8 Å². The van der Waals surface area contributed by atoms with Gasteiger partial charge in [0.2, 0.25) is 0 Å². The maximum Gasteiger partial charge on any atom is 0.145 e. The molecule has 2 bridgehead atoms. The lowest BCUT2D eigenvalue weighted by Crippen LogP contribution is -2.46. The van der Waals surface area contributed by atoms with E-state index in [1.807, 2.05) is 12.1 Å². The van der Waals surface area contributed by atoms with E-state index in [4.69, 9.17) is 9.72 Å². The summed E-state index contributed by atoms with van der Waals surface area (Å²) in [4.78, 5) is 7.63. The van der Waals surface area contributed by atoms with Gasteiger partial charge in [0.25, 0.3) is 0 Å². The Balaban J connectivity index is 1.43. The number of nitrogens with zero attached hydrogens (tertiary/aromatic N) is 2. The Morgan fingerprint density at radius 2 is 1.81 bits per heavy atom. The molecular formula is C24H26N2O. The molecule has 3 heterocycles. The third-order valence-corrected chi connectivity index (χ3v) is 6.33. The first kappa shape index (κ1) is 16.8. The highest BCUT2D eigenvalue weighted by molar-refractivity contribution is 5.84. The number of fused-ring (bicyclic) bond motifs is 3. The van der Waals surface area contributed by atoms with Crippen molar-refractivity contribution in [2.24, 2.45) is 5.92 Å². The molecule has 2 aromatic carbocycles. The van der Waals surface area contributed by atoms with Crippen LogP contribution in [0.1, 0.15) is 29.7 Å². The Morgan fingerprint density at radius 1 is 0.963 bits per heavy atom. The number of rotatable bonds is 3. The molecule has 1 aliphatic carbocycles. The highest BCUT2D eigenvalue weighted by atomic mass is 16.5. The van der Waals surface area contributed by atoms with E-state index in [-0.39, 0.29) is 0 Å². The lowest BCUT2D eigenvalue weighted by atomic mass is 9.80. The Bertz CT molecular complexity index is 968. The van der Waals surface area contributed by atoms with Crippen LogP contribution in [0.15, 0.2) is 54.6 Å². The van der Waals surface area contributed by atoms with Crippen molar-refractivity contribution in [2.45, 2.75) is 38.3 Å². The summed E-state index contributed by atoms with van der Waals surface area (Å²) in [5.41, 5.74) is 5.23. The standard InChI is InChI=1S/C24H26N2O/c1-27-23-8-4-7-18-10-11-21(25-24(18)23)16-26-15-17-9-12-22(26)14-20-6-3-2-5-19(20)13-17/h2-8,10-11,17,22H,9,12-16H2,1H3/t17-,22-/m1/s1. The van der Waals surface area contributed by atoms with Gasteiger partial charge in [-0.1, -0.05) is 42.5 Å². The van der Waals surface area contributed by atoms with Gasteiger partial charge in [-0.25, -0.2) is 4.98 Å². The van der Waals surface area contributed by atoms with Crippen LogP contribution in [0, 0.1) is 5.92 Å². The summed E-state index contributed by atoms with van der Waals surface area (Å²) in [5, 5.41) is 1.14. The fourth-order valence-corrected chi connectivity index (χ4v) is 4.92. The van der Waals surface area contributed by atoms with Crippen LogP contribution >= 0.6 is 0 Å². The van der Waals surface area contributed by atoms with Gasteiger partial charge in [0.1, 0.15) is 11.3 Å². The largest absolute Gasteiger partial charge is 0.494 e. The molecule has 0 spiro atoms.